The summed E-state index contributed by atoms with van der Waals surface area (Å²) in [6, 6.07) is 14.0. The standard InChI is InChI=1S/C20H19N5OS2/c1-13-18-14(2)25(15-7-4-3-5-8-15)24-19(18)20(23-22-13)28-12-17(26)21-11-16-9-6-10-27-16/h3-10H,11-12H2,1-2H3,(H,21,26). The van der Waals surface area contributed by atoms with Gasteiger partial charge in [0.15, 0.2) is 0 Å². The molecule has 0 radical (unpaired) electrons. The van der Waals surface area contributed by atoms with Crippen LogP contribution in [-0.2, 0) is 11.3 Å². The highest BCUT2D eigenvalue weighted by molar-refractivity contribution is 8.00. The first kappa shape index (κ1) is 18.6. The predicted molar refractivity (Wildman–Crippen MR) is 113 cm³/mol. The van der Waals surface area contributed by atoms with E-state index < -0.39 is 0 Å². The molecular formula is C20H19N5OS2. The number of nitrogens with one attached hydrogen (secondary N) is 1. The van der Waals surface area contributed by atoms with E-state index in [1.54, 1.807) is 11.3 Å². The number of para-hydroxylation sites is 1. The summed E-state index contributed by atoms with van der Waals surface area (Å²) in [5, 5.41) is 19.9. The Balaban J connectivity index is 1.56. The normalized spacial score (nSPS) is 11.1. The van der Waals surface area contributed by atoms with Crippen LogP contribution >= 0.6 is 23.1 Å². The Morgan fingerprint density at radius 1 is 1.14 bits per heavy atom. The topological polar surface area (TPSA) is 72.7 Å². The van der Waals surface area contributed by atoms with Crippen LogP contribution in [0.15, 0.2) is 52.9 Å². The average Bonchev–Trinajstić information content (AvgIpc) is 3.35. The molecule has 1 amide bonds. The van der Waals surface area contributed by atoms with Crippen molar-refractivity contribution in [2.75, 3.05) is 5.75 Å². The number of rotatable bonds is 6. The molecule has 4 aromatic rings. The lowest BCUT2D eigenvalue weighted by Crippen LogP contribution is -2.24. The average molecular weight is 410 g/mol. The predicted octanol–water partition coefficient (Wildman–Crippen LogP) is 3.90. The number of nitrogens with zero attached hydrogens (tertiary/aromatic N) is 4. The minimum absolute atomic E-state index is 0.0341. The summed E-state index contributed by atoms with van der Waals surface area (Å²) in [6.45, 7) is 4.51. The van der Waals surface area contributed by atoms with Crippen molar-refractivity contribution in [2.45, 2.75) is 25.4 Å². The minimum Gasteiger partial charge on any atom is -0.350 e. The summed E-state index contributed by atoms with van der Waals surface area (Å²) in [4.78, 5) is 13.3. The van der Waals surface area contributed by atoms with Gasteiger partial charge in [-0.1, -0.05) is 36.0 Å². The van der Waals surface area contributed by atoms with Crippen molar-refractivity contribution in [1.29, 1.82) is 0 Å². The summed E-state index contributed by atoms with van der Waals surface area (Å²) < 4.78 is 1.90. The lowest BCUT2D eigenvalue weighted by molar-refractivity contribution is -0.118. The largest absolute Gasteiger partial charge is 0.350 e. The van der Waals surface area contributed by atoms with Crippen LogP contribution in [0.1, 0.15) is 16.3 Å². The molecule has 4 rings (SSSR count). The molecule has 28 heavy (non-hydrogen) atoms. The van der Waals surface area contributed by atoms with E-state index in [-0.39, 0.29) is 11.7 Å². The van der Waals surface area contributed by atoms with Crippen molar-refractivity contribution in [1.82, 2.24) is 25.3 Å². The molecule has 0 bridgehead atoms. The summed E-state index contributed by atoms with van der Waals surface area (Å²) in [6.07, 6.45) is 0. The molecule has 0 aliphatic heterocycles. The zero-order valence-corrected chi connectivity index (χ0v) is 17.2. The van der Waals surface area contributed by atoms with Gasteiger partial charge in [0, 0.05) is 10.3 Å². The van der Waals surface area contributed by atoms with E-state index in [1.807, 2.05) is 66.4 Å². The first-order chi connectivity index (χ1) is 13.6. The van der Waals surface area contributed by atoms with Crippen molar-refractivity contribution in [3.05, 3.63) is 64.1 Å². The summed E-state index contributed by atoms with van der Waals surface area (Å²) in [5.74, 6) is 0.239. The Morgan fingerprint density at radius 2 is 1.96 bits per heavy atom. The number of fused-ring (bicyclic) bond motifs is 1. The van der Waals surface area contributed by atoms with E-state index in [1.165, 1.54) is 11.8 Å². The second kappa shape index (κ2) is 8.12. The highest BCUT2D eigenvalue weighted by atomic mass is 32.2. The fourth-order valence-electron chi connectivity index (χ4n) is 3.00. The maximum Gasteiger partial charge on any atom is 0.230 e. The van der Waals surface area contributed by atoms with Crippen LogP contribution < -0.4 is 5.32 Å². The summed E-state index contributed by atoms with van der Waals surface area (Å²) in [5.41, 5.74) is 3.61. The first-order valence-corrected chi connectivity index (χ1v) is 10.7. The molecule has 6 nitrogen and oxygen atoms in total. The van der Waals surface area contributed by atoms with Crippen LogP contribution in [0.5, 0.6) is 0 Å². The van der Waals surface area contributed by atoms with Crippen LogP contribution in [0.3, 0.4) is 0 Å². The number of benzene rings is 1. The van der Waals surface area contributed by atoms with Gasteiger partial charge >= 0.3 is 0 Å². The van der Waals surface area contributed by atoms with Crippen LogP contribution in [0.2, 0.25) is 0 Å². The highest BCUT2D eigenvalue weighted by Gasteiger charge is 2.18. The van der Waals surface area contributed by atoms with Crippen LogP contribution in [0, 0.1) is 13.8 Å². The van der Waals surface area contributed by atoms with Crippen molar-refractivity contribution in [3.63, 3.8) is 0 Å². The molecule has 0 unspecified atom stereocenters. The first-order valence-electron chi connectivity index (χ1n) is 8.83. The Kier molecular flexibility index (Phi) is 5.40. The van der Waals surface area contributed by atoms with Crippen LogP contribution in [-0.4, -0.2) is 31.6 Å². The molecule has 1 aromatic carbocycles. The number of carbonyl (C=O) groups excluding carboxylic acids is 1. The molecule has 8 heteroatoms. The van der Waals surface area contributed by atoms with Crippen molar-refractivity contribution >= 4 is 39.9 Å². The molecule has 0 saturated heterocycles. The van der Waals surface area contributed by atoms with E-state index in [9.17, 15) is 4.79 Å². The van der Waals surface area contributed by atoms with Gasteiger partial charge in [-0.05, 0) is 37.4 Å². The van der Waals surface area contributed by atoms with Gasteiger partial charge in [-0.15, -0.1) is 16.4 Å². The number of thioether (sulfide) groups is 1. The Hall–Kier alpha value is -2.71. The fourth-order valence-corrected chi connectivity index (χ4v) is 4.40. The lowest BCUT2D eigenvalue weighted by Gasteiger charge is -2.04. The van der Waals surface area contributed by atoms with Gasteiger partial charge in [0.1, 0.15) is 10.5 Å². The van der Waals surface area contributed by atoms with Gasteiger partial charge in [-0.3, -0.25) is 4.79 Å². The zero-order chi connectivity index (χ0) is 19.5. The number of hydrogen-bond acceptors (Lipinski definition) is 6. The molecule has 0 atom stereocenters. The van der Waals surface area contributed by atoms with Gasteiger partial charge in [-0.2, -0.15) is 10.2 Å². The smallest absolute Gasteiger partial charge is 0.230 e. The van der Waals surface area contributed by atoms with Gasteiger partial charge in [0.05, 0.1) is 29.4 Å². The molecule has 142 valence electrons. The Bertz CT molecular complexity index is 1110. The lowest BCUT2D eigenvalue weighted by atomic mass is 10.2. The molecule has 0 aliphatic carbocycles. The maximum atomic E-state index is 12.2. The quantitative estimate of drug-likeness (QED) is 0.489. The van der Waals surface area contributed by atoms with Crippen LogP contribution in [0.4, 0.5) is 0 Å². The van der Waals surface area contributed by atoms with E-state index in [0.717, 1.165) is 32.9 Å². The molecule has 0 spiro atoms. The molecule has 0 fully saturated rings. The second-order valence-electron chi connectivity index (χ2n) is 6.29. The SMILES string of the molecule is Cc1nnc(SCC(=O)NCc2cccs2)c2nn(-c3ccccc3)c(C)c12. The number of aromatic nitrogens is 4. The number of amides is 1. The van der Waals surface area contributed by atoms with E-state index in [2.05, 4.69) is 15.5 Å². The van der Waals surface area contributed by atoms with E-state index >= 15 is 0 Å². The maximum absolute atomic E-state index is 12.2. The third-order valence-corrected chi connectivity index (χ3v) is 6.18. The van der Waals surface area contributed by atoms with Crippen molar-refractivity contribution in [3.8, 4) is 5.69 Å². The summed E-state index contributed by atoms with van der Waals surface area (Å²) in [7, 11) is 0. The molecule has 0 saturated carbocycles. The fraction of sp³-hybridized carbons (Fsp3) is 0.200. The third-order valence-electron chi connectivity index (χ3n) is 4.35. The molecule has 3 aromatic heterocycles. The third kappa shape index (κ3) is 3.79. The van der Waals surface area contributed by atoms with Crippen molar-refractivity contribution < 1.29 is 4.79 Å². The number of hydrogen-bond donors (Lipinski definition) is 1. The van der Waals surface area contributed by atoms with Gasteiger partial charge in [-0.25, -0.2) is 4.68 Å². The van der Waals surface area contributed by atoms with Gasteiger partial charge < -0.3 is 5.32 Å². The summed E-state index contributed by atoms with van der Waals surface area (Å²) >= 11 is 2.99. The monoisotopic (exact) mass is 409 g/mol. The Labute approximate surface area is 171 Å². The minimum atomic E-state index is -0.0341. The van der Waals surface area contributed by atoms with Crippen molar-refractivity contribution in [2.24, 2.45) is 0 Å². The van der Waals surface area contributed by atoms with Gasteiger partial charge in [0.25, 0.3) is 0 Å². The van der Waals surface area contributed by atoms with E-state index in [0.29, 0.717) is 11.6 Å². The molecule has 1 N–H and O–H groups in total. The van der Waals surface area contributed by atoms with Crippen LogP contribution in [0.25, 0.3) is 16.6 Å². The zero-order valence-electron chi connectivity index (χ0n) is 15.5. The number of carbonyl (C=O) groups is 1. The van der Waals surface area contributed by atoms with E-state index in [4.69, 9.17) is 5.10 Å². The molecule has 3 heterocycles. The second-order valence-corrected chi connectivity index (χ2v) is 8.29. The number of thiophene rings is 1. The highest BCUT2D eigenvalue weighted by Crippen LogP contribution is 2.29. The Morgan fingerprint density at radius 3 is 2.71 bits per heavy atom. The molecule has 0 aliphatic rings. The van der Waals surface area contributed by atoms with Gasteiger partial charge in [0.2, 0.25) is 5.91 Å². The number of aryl methyl sites for hydroxylation is 2. The molecular weight excluding hydrogens is 390 g/mol.